The maximum absolute atomic E-state index is 13.2. The van der Waals surface area contributed by atoms with Crippen LogP contribution in [0.2, 0.25) is 0 Å². The summed E-state index contributed by atoms with van der Waals surface area (Å²) in [7, 11) is -3.81. The summed E-state index contributed by atoms with van der Waals surface area (Å²) in [5.74, 6) is -0.643. The predicted molar refractivity (Wildman–Crippen MR) is 107 cm³/mol. The van der Waals surface area contributed by atoms with E-state index in [1.165, 1.54) is 12.1 Å². The van der Waals surface area contributed by atoms with Crippen LogP contribution in [0.25, 0.3) is 10.8 Å². The molecule has 0 unspecified atom stereocenters. The number of hydrogen-bond donors (Lipinski definition) is 1. The van der Waals surface area contributed by atoms with Crippen molar-refractivity contribution in [2.75, 3.05) is 0 Å². The van der Waals surface area contributed by atoms with Gasteiger partial charge in [-0.25, -0.2) is 13.1 Å². The number of aryl methyl sites for hydroxylation is 1. The minimum Gasteiger partial charge on any atom is -0.359 e. The first-order valence-electron chi connectivity index (χ1n) is 9.56. The molecule has 30 heavy (non-hydrogen) atoms. The normalized spacial score (nSPS) is 17.6. The molecule has 3 aromatic rings. The van der Waals surface area contributed by atoms with Gasteiger partial charge in [-0.05, 0) is 50.3 Å². The first-order chi connectivity index (χ1) is 14.2. The quantitative estimate of drug-likeness (QED) is 0.630. The van der Waals surface area contributed by atoms with Crippen LogP contribution in [0.4, 0.5) is 0 Å². The van der Waals surface area contributed by atoms with Gasteiger partial charge in [-0.15, -0.1) is 0 Å². The van der Waals surface area contributed by atoms with Crippen LogP contribution in [-0.4, -0.2) is 35.8 Å². The molecule has 1 saturated carbocycles. The lowest BCUT2D eigenvalue weighted by molar-refractivity contribution is 0.0583. The fourth-order valence-electron chi connectivity index (χ4n) is 3.75. The molecule has 2 amide bonds. The number of sulfonamides is 1. The second-order valence-corrected chi connectivity index (χ2v) is 9.85. The molecule has 0 spiro atoms. The van der Waals surface area contributed by atoms with Crippen molar-refractivity contribution in [2.24, 2.45) is 0 Å². The fourth-order valence-corrected chi connectivity index (χ4v) is 5.27. The van der Waals surface area contributed by atoms with Gasteiger partial charge < -0.3 is 4.52 Å². The van der Waals surface area contributed by atoms with Crippen LogP contribution in [0.1, 0.15) is 51.9 Å². The number of nitrogens with zero attached hydrogens (tertiary/aromatic N) is 2. The summed E-state index contributed by atoms with van der Waals surface area (Å²) >= 11 is 0. The van der Waals surface area contributed by atoms with Crippen LogP contribution in [0.15, 0.2) is 45.8 Å². The Labute approximate surface area is 172 Å². The van der Waals surface area contributed by atoms with Gasteiger partial charge >= 0.3 is 0 Å². The van der Waals surface area contributed by atoms with Gasteiger partial charge in [0, 0.05) is 28.1 Å². The van der Waals surface area contributed by atoms with Crippen molar-refractivity contribution in [3.05, 3.63) is 59.0 Å². The Balaban J connectivity index is 1.63. The van der Waals surface area contributed by atoms with Gasteiger partial charge in [0.25, 0.3) is 11.8 Å². The lowest BCUT2D eigenvalue weighted by atomic mass is 9.94. The van der Waals surface area contributed by atoms with Crippen molar-refractivity contribution in [3.63, 3.8) is 0 Å². The van der Waals surface area contributed by atoms with E-state index in [9.17, 15) is 18.0 Å². The van der Waals surface area contributed by atoms with Crippen molar-refractivity contribution >= 4 is 32.6 Å². The molecule has 1 fully saturated rings. The van der Waals surface area contributed by atoms with E-state index >= 15 is 0 Å². The summed E-state index contributed by atoms with van der Waals surface area (Å²) in [5, 5.41) is 4.79. The van der Waals surface area contributed by atoms with Gasteiger partial charge in [-0.2, -0.15) is 0 Å². The molecule has 0 saturated heterocycles. The zero-order valence-electron chi connectivity index (χ0n) is 16.4. The maximum atomic E-state index is 13.2. The standard InChI is InChI=1S/C21H19N3O5S/c1-12-8-14(29-22-12)11-24-19(25)16-5-3-4-13-9-15(10-17(18(13)16)20(24)26)30(27,28)23-21(2)6-7-21/h3-5,8-10,23H,6-7,11H2,1-2H3. The van der Waals surface area contributed by atoms with E-state index < -0.39 is 27.4 Å². The Hall–Kier alpha value is -3.04. The van der Waals surface area contributed by atoms with Crippen LogP contribution in [0.3, 0.4) is 0 Å². The molecular formula is C21H19N3O5S. The van der Waals surface area contributed by atoms with Crippen molar-refractivity contribution in [2.45, 2.75) is 43.7 Å². The van der Waals surface area contributed by atoms with Crippen molar-refractivity contribution in [1.82, 2.24) is 14.8 Å². The summed E-state index contributed by atoms with van der Waals surface area (Å²) in [6, 6.07) is 9.53. The highest BCUT2D eigenvalue weighted by Gasteiger charge is 2.42. The molecule has 0 radical (unpaired) electrons. The van der Waals surface area contributed by atoms with Crippen LogP contribution in [0.5, 0.6) is 0 Å². The predicted octanol–water partition coefficient (Wildman–Crippen LogP) is 2.76. The Morgan fingerprint density at radius 1 is 1.13 bits per heavy atom. The number of benzene rings is 2. The van der Waals surface area contributed by atoms with Gasteiger partial charge in [0.15, 0.2) is 5.76 Å². The molecule has 1 N–H and O–H groups in total. The largest absolute Gasteiger partial charge is 0.359 e. The molecule has 2 aromatic carbocycles. The number of hydrogen-bond acceptors (Lipinski definition) is 6. The molecule has 0 atom stereocenters. The summed E-state index contributed by atoms with van der Waals surface area (Å²) in [5.41, 5.74) is 0.727. The number of carbonyl (C=O) groups excluding carboxylic acids is 2. The average molecular weight is 425 g/mol. The topological polar surface area (TPSA) is 110 Å². The molecular weight excluding hydrogens is 406 g/mol. The average Bonchev–Trinajstić information content (AvgIpc) is 3.26. The smallest absolute Gasteiger partial charge is 0.261 e. The molecule has 5 rings (SSSR count). The molecule has 1 aliphatic carbocycles. The zero-order chi connectivity index (χ0) is 21.3. The molecule has 154 valence electrons. The van der Waals surface area contributed by atoms with Crippen molar-refractivity contribution in [1.29, 1.82) is 0 Å². The van der Waals surface area contributed by atoms with Gasteiger partial charge in [0.2, 0.25) is 10.0 Å². The minimum atomic E-state index is -3.81. The SMILES string of the molecule is Cc1cc(CN2C(=O)c3cccc4cc(S(=O)(=O)NC5(C)CC5)cc(c34)C2=O)on1. The van der Waals surface area contributed by atoms with E-state index in [2.05, 4.69) is 9.88 Å². The van der Waals surface area contributed by atoms with Crippen LogP contribution in [0, 0.1) is 6.92 Å². The number of nitrogens with one attached hydrogen (secondary N) is 1. The molecule has 9 heteroatoms. The minimum absolute atomic E-state index is 0.00781. The highest BCUT2D eigenvalue weighted by Crippen LogP contribution is 2.37. The molecule has 2 aliphatic rings. The molecule has 8 nitrogen and oxygen atoms in total. The summed E-state index contributed by atoms with van der Waals surface area (Å²) in [6.07, 6.45) is 1.54. The van der Waals surface area contributed by atoms with Crippen molar-refractivity contribution in [3.8, 4) is 0 Å². The van der Waals surface area contributed by atoms with Crippen molar-refractivity contribution < 1.29 is 22.5 Å². The van der Waals surface area contributed by atoms with E-state index in [-0.39, 0.29) is 17.0 Å². The Morgan fingerprint density at radius 3 is 2.53 bits per heavy atom. The first kappa shape index (κ1) is 19.0. The third-order valence-electron chi connectivity index (χ3n) is 5.58. The lowest BCUT2D eigenvalue weighted by Gasteiger charge is -2.27. The third kappa shape index (κ3) is 3.01. The maximum Gasteiger partial charge on any atom is 0.261 e. The van der Waals surface area contributed by atoms with Gasteiger partial charge in [-0.3, -0.25) is 14.5 Å². The monoisotopic (exact) mass is 425 g/mol. The Morgan fingerprint density at radius 2 is 1.87 bits per heavy atom. The van der Waals surface area contributed by atoms with Gasteiger partial charge in [0.1, 0.15) is 0 Å². The lowest BCUT2D eigenvalue weighted by Crippen LogP contribution is -2.40. The third-order valence-corrected chi connectivity index (χ3v) is 7.20. The molecule has 2 heterocycles. The van der Waals surface area contributed by atoms with Crippen LogP contribution < -0.4 is 4.72 Å². The van der Waals surface area contributed by atoms with Gasteiger partial charge in [-0.1, -0.05) is 17.3 Å². The summed E-state index contributed by atoms with van der Waals surface area (Å²) in [4.78, 5) is 27.3. The Bertz CT molecular complexity index is 1340. The van der Waals surface area contributed by atoms with Crippen LogP contribution >= 0.6 is 0 Å². The number of amides is 2. The van der Waals surface area contributed by atoms with Gasteiger partial charge in [0.05, 0.1) is 17.1 Å². The first-order valence-corrected chi connectivity index (χ1v) is 11.0. The molecule has 0 bridgehead atoms. The summed E-state index contributed by atoms with van der Waals surface area (Å²) in [6.45, 7) is 3.51. The zero-order valence-corrected chi connectivity index (χ0v) is 17.2. The Kier molecular flexibility index (Phi) is 3.93. The van der Waals surface area contributed by atoms with E-state index in [0.717, 1.165) is 17.7 Å². The molecule has 1 aliphatic heterocycles. The summed E-state index contributed by atoms with van der Waals surface area (Å²) < 4.78 is 33.7. The van der Waals surface area contributed by atoms with E-state index in [1.54, 1.807) is 31.2 Å². The number of imide groups is 1. The number of rotatable bonds is 5. The number of carbonyl (C=O) groups is 2. The highest BCUT2D eigenvalue weighted by molar-refractivity contribution is 7.89. The second kappa shape index (κ2) is 6.23. The highest BCUT2D eigenvalue weighted by atomic mass is 32.2. The van der Waals surface area contributed by atoms with E-state index in [0.29, 0.717) is 27.8 Å². The second-order valence-electron chi connectivity index (χ2n) is 8.17. The fraction of sp³-hybridized carbons (Fsp3) is 0.286. The number of aromatic nitrogens is 1. The van der Waals surface area contributed by atoms with Crippen LogP contribution in [-0.2, 0) is 16.6 Å². The van der Waals surface area contributed by atoms with E-state index in [1.807, 2.05) is 6.92 Å². The molecule has 1 aromatic heterocycles. The van der Waals surface area contributed by atoms with E-state index in [4.69, 9.17) is 4.52 Å².